The zero-order valence-electron chi connectivity index (χ0n) is 16.4. The van der Waals surface area contributed by atoms with Crippen LogP contribution in [0.3, 0.4) is 0 Å². The van der Waals surface area contributed by atoms with Gasteiger partial charge in [-0.25, -0.2) is 13.8 Å². The number of aryl methyl sites for hydroxylation is 1. The Labute approximate surface area is 168 Å². The second-order valence-electron chi connectivity index (χ2n) is 6.67. The first-order valence-corrected chi connectivity index (χ1v) is 9.46. The molecule has 0 N–H and O–H groups in total. The van der Waals surface area contributed by atoms with Crippen LogP contribution >= 0.6 is 0 Å². The molecule has 0 saturated carbocycles. The monoisotopic (exact) mass is 396 g/mol. The predicted octanol–water partition coefficient (Wildman–Crippen LogP) is 5.04. The van der Waals surface area contributed by atoms with Gasteiger partial charge in [0, 0.05) is 42.2 Å². The molecule has 6 heteroatoms. The summed E-state index contributed by atoms with van der Waals surface area (Å²) in [5.74, 6) is -1.20. The van der Waals surface area contributed by atoms with Crippen LogP contribution in [0.25, 0.3) is 22.5 Å². The predicted molar refractivity (Wildman–Crippen MR) is 108 cm³/mol. The number of nitrogens with zero attached hydrogens (tertiary/aromatic N) is 2. The molecule has 0 amide bonds. The van der Waals surface area contributed by atoms with Gasteiger partial charge in [-0.1, -0.05) is 31.2 Å². The lowest BCUT2D eigenvalue weighted by Crippen LogP contribution is -2.02. The SMILES string of the molecule is CCc1c(F)cc(-c2ncc(CCCOC)nc2-c2ccc(C=O)cc2)cc1F. The van der Waals surface area contributed by atoms with Crippen LogP contribution in [0.2, 0.25) is 0 Å². The molecule has 0 unspecified atom stereocenters. The highest BCUT2D eigenvalue weighted by Crippen LogP contribution is 2.31. The van der Waals surface area contributed by atoms with E-state index >= 15 is 0 Å². The van der Waals surface area contributed by atoms with Crippen LogP contribution in [0.1, 0.15) is 35.0 Å². The zero-order chi connectivity index (χ0) is 20.8. The summed E-state index contributed by atoms with van der Waals surface area (Å²) in [7, 11) is 1.64. The fourth-order valence-corrected chi connectivity index (χ4v) is 3.15. The van der Waals surface area contributed by atoms with E-state index in [4.69, 9.17) is 9.72 Å². The van der Waals surface area contributed by atoms with Gasteiger partial charge in [0.15, 0.2) is 0 Å². The zero-order valence-corrected chi connectivity index (χ0v) is 16.4. The number of carbonyl (C=O) groups is 1. The fourth-order valence-electron chi connectivity index (χ4n) is 3.15. The summed E-state index contributed by atoms with van der Waals surface area (Å²) in [4.78, 5) is 20.1. The van der Waals surface area contributed by atoms with Gasteiger partial charge in [-0.2, -0.15) is 0 Å². The molecule has 29 heavy (non-hydrogen) atoms. The van der Waals surface area contributed by atoms with E-state index in [9.17, 15) is 13.6 Å². The third kappa shape index (κ3) is 4.71. The summed E-state index contributed by atoms with van der Waals surface area (Å²) < 4.78 is 33.8. The van der Waals surface area contributed by atoms with Crippen molar-refractivity contribution in [3.05, 3.63) is 71.1 Å². The van der Waals surface area contributed by atoms with Crippen LogP contribution in [0.5, 0.6) is 0 Å². The van der Waals surface area contributed by atoms with Crippen LogP contribution in [0, 0.1) is 11.6 Å². The first-order chi connectivity index (χ1) is 14.1. The smallest absolute Gasteiger partial charge is 0.150 e. The first kappa shape index (κ1) is 20.7. The number of rotatable bonds is 8. The van der Waals surface area contributed by atoms with Crippen molar-refractivity contribution >= 4 is 6.29 Å². The minimum absolute atomic E-state index is 0.0507. The Balaban J connectivity index is 2.11. The maximum Gasteiger partial charge on any atom is 0.150 e. The molecule has 1 aromatic heterocycles. The lowest BCUT2D eigenvalue weighted by Gasteiger charge is -2.12. The molecule has 2 aromatic carbocycles. The Bertz CT molecular complexity index is 981. The molecule has 0 aliphatic heterocycles. The lowest BCUT2D eigenvalue weighted by atomic mass is 10.0. The van der Waals surface area contributed by atoms with E-state index in [0.717, 1.165) is 18.4 Å². The molecule has 0 bridgehead atoms. The molecule has 3 rings (SSSR count). The van der Waals surface area contributed by atoms with Gasteiger partial charge < -0.3 is 4.74 Å². The van der Waals surface area contributed by atoms with Crippen molar-refractivity contribution in [3.8, 4) is 22.5 Å². The molecule has 3 aromatic rings. The average molecular weight is 396 g/mol. The normalized spacial score (nSPS) is 10.9. The molecule has 0 aliphatic rings. The highest BCUT2D eigenvalue weighted by molar-refractivity contribution is 5.81. The summed E-state index contributed by atoms with van der Waals surface area (Å²) in [6.07, 6.45) is 4.09. The largest absolute Gasteiger partial charge is 0.385 e. The number of methoxy groups -OCH3 is 1. The average Bonchev–Trinajstić information content (AvgIpc) is 2.73. The Morgan fingerprint density at radius 2 is 1.72 bits per heavy atom. The van der Waals surface area contributed by atoms with Crippen LogP contribution in [-0.2, 0) is 17.6 Å². The number of benzene rings is 2. The van der Waals surface area contributed by atoms with Gasteiger partial charge in [-0.3, -0.25) is 9.78 Å². The lowest BCUT2D eigenvalue weighted by molar-refractivity contribution is 0.112. The van der Waals surface area contributed by atoms with Gasteiger partial charge in [0.2, 0.25) is 0 Å². The van der Waals surface area contributed by atoms with Gasteiger partial charge in [0.05, 0.1) is 17.1 Å². The molecule has 1 heterocycles. The van der Waals surface area contributed by atoms with E-state index < -0.39 is 11.6 Å². The number of aldehydes is 1. The summed E-state index contributed by atoms with van der Waals surface area (Å²) in [5.41, 5.74) is 3.28. The van der Waals surface area contributed by atoms with Gasteiger partial charge in [-0.15, -0.1) is 0 Å². The Morgan fingerprint density at radius 1 is 1.03 bits per heavy atom. The van der Waals surface area contributed by atoms with Gasteiger partial charge >= 0.3 is 0 Å². The van der Waals surface area contributed by atoms with Crippen LogP contribution in [0.15, 0.2) is 42.6 Å². The van der Waals surface area contributed by atoms with E-state index in [-0.39, 0.29) is 12.0 Å². The van der Waals surface area contributed by atoms with E-state index in [1.54, 1.807) is 44.5 Å². The van der Waals surface area contributed by atoms with Gasteiger partial charge in [0.25, 0.3) is 0 Å². The third-order valence-corrected chi connectivity index (χ3v) is 4.69. The number of halogens is 2. The number of aromatic nitrogens is 2. The van der Waals surface area contributed by atoms with E-state index in [1.807, 2.05) is 0 Å². The van der Waals surface area contributed by atoms with Crippen molar-refractivity contribution in [2.24, 2.45) is 0 Å². The van der Waals surface area contributed by atoms with Crippen LogP contribution in [-0.4, -0.2) is 30.0 Å². The van der Waals surface area contributed by atoms with Gasteiger partial charge in [0.1, 0.15) is 17.9 Å². The van der Waals surface area contributed by atoms with E-state index in [2.05, 4.69) is 4.98 Å². The van der Waals surface area contributed by atoms with Crippen molar-refractivity contribution in [1.82, 2.24) is 9.97 Å². The number of hydrogen-bond donors (Lipinski definition) is 0. The van der Waals surface area contributed by atoms with Gasteiger partial charge in [-0.05, 0) is 31.4 Å². The van der Waals surface area contributed by atoms with Crippen LogP contribution in [0.4, 0.5) is 8.78 Å². The minimum Gasteiger partial charge on any atom is -0.385 e. The molecule has 0 atom stereocenters. The maximum absolute atomic E-state index is 14.4. The molecule has 0 saturated heterocycles. The second-order valence-corrected chi connectivity index (χ2v) is 6.67. The molecule has 0 fully saturated rings. The molecule has 150 valence electrons. The van der Waals surface area contributed by atoms with Crippen molar-refractivity contribution in [2.45, 2.75) is 26.2 Å². The summed E-state index contributed by atoms with van der Waals surface area (Å²) in [5, 5.41) is 0. The molecular weight excluding hydrogens is 374 g/mol. The topological polar surface area (TPSA) is 52.1 Å². The van der Waals surface area contributed by atoms with E-state index in [1.165, 1.54) is 12.1 Å². The maximum atomic E-state index is 14.4. The molecular formula is C23H22F2N2O2. The van der Waals surface area contributed by atoms with Crippen molar-refractivity contribution in [2.75, 3.05) is 13.7 Å². The number of carbonyl (C=O) groups excluding carboxylic acids is 1. The highest BCUT2D eigenvalue weighted by Gasteiger charge is 2.17. The van der Waals surface area contributed by atoms with Crippen molar-refractivity contribution < 1.29 is 18.3 Å². The second kappa shape index (κ2) is 9.47. The first-order valence-electron chi connectivity index (χ1n) is 9.46. The summed E-state index contributed by atoms with van der Waals surface area (Å²) >= 11 is 0. The van der Waals surface area contributed by atoms with Crippen molar-refractivity contribution in [3.63, 3.8) is 0 Å². The minimum atomic E-state index is -0.601. The quantitative estimate of drug-likeness (QED) is 0.395. The molecule has 0 aliphatic carbocycles. The number of ether oxygens (including phenoxy) is 1. The van der Waals surface area contributed by atoms with Crippen LogP contribution < -0.4 is 0 Å². The third-order valence-electron chi connectivity index (χ3n) is 4.69. The number of hydrogen-bond acceptors (Lipinski definition) is 4. The Hall–Kier alpha value is -2.99. The van der Waals surface area contributed by atoms with Crippen molar-refractivity contribution in [1.29, 1.82) is 0 Å². The summed E-state index contributed by atoms with van der Waals surface area (Å²) in [6, 6.07) is 9.44. The molecule has 0 spiro atoms. The molecule has 4 nitrogen and oxygen atoms in total. The van der Waals surface area contributed by atoms with E-state index in [0.29, 0.717) is 41.1 Å². The molecule has 0 radical (unpaired) electrons. The summed E-state index contributed by atoms with van der Waals surface area (Å²) in [6.45, 7) is 2.30. The highest BCUT2D eigenvalue weighted by atomic mass is 19.1. The Kier molecular flexibility index (Phi) is 6.77. The standard InChI is InChI=1S/C23H22F2N2O2/c1-3-19-20(24)11-17(12-21(19)25)22-23(16-8-6-15(14-28)7-9-16)27-18(13-26-22)5-4-10-29-2/h6-9,11-14H,3-5,10H2,1-2H3. The fraction of sp³-hybridized carbons (Fsp3) is 0.261. The Morgan fingerprint density at radius 3 is 2.31 bits per heavy atom.